The predicted molar refractivity (Wildman–Crippen MR) is 109 cm³/mol. The van der Waals surface area contributed by atoms with E-state index in [1.54, 1.807) is 6.26 Å². The molecule has 1 aromatic carbocycles. The number of carbonyl (C=O) groups excluding carboxylic acids is 1. The first-order valence-corrected chi connectivity index (χ1v) is 10.3. The second-order valence-corrected chi connectivity index (χ2v) is 8.39. The Morgan fingerprint density at radius 3 is 2.62 bits per heavy atom. The van der Waals surface area contributed by atoms with Gasteiger partial charge in [0.15, 0.2) is 0 Å². The maximum atomic E-state index is 12.1. The molecule has 0 unspecified atom stereocenters. The summed E-state index contributed by atoms with van der Waals surface area (Å²) in [5, 5.41) is 20.0. The lowest BCUT2D eigenvalue weighted by Crippen LogP contribution is -2.32. The van der Waals surface area contributed by atoms with Crippen LogP contribution in [0.1, 0.15) is 62.2 Å². The molecule has 1 heterocycles. The summed E-state index contributed by atoms with van der Waals surface area (Å²) in [6, 6.07) is 19.0. The molecular weight excluding hydrogens is 360 g/mol. The molecule has 0 aliphatic heterocycles. The van der Waals surface area contributed by atoms with Gasteiger partial charge in [0.2, 0.25) is 0 Å². The number of Topliss-reactive ketones (excluding diaryl/α,β-unsaturated/α-hetero) is 1. The smallest absolute Gasteiger partial charge is 0.134 e. The fraction of sp³-hybridized carbons (Fsp3) is 0.400. The third-order valence-corrected chi connectivity index (χ3v) is 6.48. The quantitative estimate of drug-likeness (QED) is 0.668. The average molecular weight is 384 g/mol. The van der Waals surface area contributed by atoms with Gasteiger partial charge in [-0.2, -0.15) is 10.5 Å². The molecule has 1 fully saturated rings. The minimum atomic E-state index is -0.658. The van der Waals surface area contributed by atoms with Crippen molar-refractivity contribution < 1.29 is 9.21 Å². The van der Waals surface area contributed by atoms with Gasteiger partial charge in [0, 0.05) is 24.0 Å². The molecular formula is C25H24N2O2. The minimum absolute atomic E-state index is 0.0513. The summed E-state index contributed by atoms with van der Waals surface area (Å²) < 4.78 is 5.67. The molecule has 0 saturated heterocycles. The molecule has 2 aliphatic rings. The number of allylic oxidation sites excluding steroid dienone is 2. The highest BCUT2D eigenvalue weighted by Gasteiger charge is 2.41. The molecule has 0 N–H and O–H groups in total. The molecule has 1 saturated carbocycles. The highest BCUT2D eigenvalue weighted by Crippen LogP contribution is 2.49. The lowest BCUT2D eigenvalue weighted by atomic mass is 9.64. The highest BCUT2D eigenvalue weighted by molar-refractivity contribution is 5.80. The molecule has 4 rings (SSSR count). The maximum Gasteiger partial charge on any atom is 0.134 e. The molecule has 2 aromatic rings. The van der Waals surface area contributed by atoms with Crippen LogP contribution in [0.4, 0.5) is 0 Å². The van der Waals surface area contributed by atoms with E-state index in [4.69, 9.17) is 4.42 Å². The zero-order valence-corrected chi connectivity index (χ0v) is 16.4. The van der Waals surface area contributed by atoms with Gasteiger partial charge < -0.3 is 4.42 Å². The summed E-state index contributed by atoms with van der Waals surface area (Å²) >= 11 is 0. The number of hydrogen-bond acceptors (Lipinski definition) is 4. The molecule has 0 amide bonds. The molecule has 146 valence electrons. The summed E-state index contributed by atoms with van der Waals surface area (Å²) in [7, 11) is 0. The number of rotatable bonds is 4. The van der Waals surface area contributed by atoms with E-state index in [0.29, 0.717) is 19.3 Å². The Kier molecular flexibility index (Phi) is 5.36. The lowest BCUT2D eigenvalue weighted by Gasteiger charge is -2.37. The van der Waals surface area contributed by atoms with Crippen LogP contribution in [0.3, 0.4) is 0 Å². The Bertz CT molecular complexity index is 992. The van der Waals surface area contributed by atoms with Gasteiger partial charge in [-0.05, 0) is 61.6 Å². The maximum absolute atomic E-state index is 12.1. The predicted octanol–water partition coefficient (Wildman–Crippen LogP) is 5.79. The number of furan rings is 1. The lowest BCUT2D eigenvalue weighted by molar-refractivity contribution is -0.122. The van der Waals surface area contributed by atoms with Crippen molar-refractivity contribution in [2.24, 2.45) is 11.3 Å². The third-order valence-electron chi connectivity index (χ3n) is 6.48. The molecule has 0 bridgehead atoms. The Balaban J connectivity index is 1.73. The van der Waals surface area contributed by atoms with Gasteiger partial charge in [-0.3, -0.25) is 4.79 Å². The molecule has 3 atom stereocenters. The summed E-state index contributed by atoms with van der Waals surface area (Å²) in [6.45, 7) is 0. The van der Waals surface area contributed by atoms with Gasteiger partial charge in [-0.15, -0.1) is 0 Å². The van der Waals surface area contributed by atoms with Crippen molar-refractivity contribution in [3.05, 3.63) is 65.6 Å². The Morgan fingerprint density at radius 2 is 1.97 bits per heavy atom. The van der Waals surface area contributed by atoms with E-state index in [2.05, 4.69) is 24.3 Å². The van der Waals surface area contributed by atoms with Crippen LogP contribution in [-0.2, 0) is 4.79 Å². The summed E-state index contributed by atoms with van der Waals surface area (Å²) in [6.07, 6.45) is 6.13. The first-order chi connectivity index (χ1) is 14.1. The zero-order valence-electron chi connectivity index (χ0n) is 16.4. The third kappa shape index (κ3) is 3.89. The molecule has 29 heavy (non-hydrogen) atoms. The van der Waals surface area contributed by atoms with E-state index in [9.17, 15) is 15.3 Å². The summed E-state index contributed by atoms with van der Waals surface area (Å²) in [5.41, 5.74) is 2.25. The second-order valence-electron chi connectivity index (χ2n) is 8.39. The van der Waals surface area contributed by atoms with Crippen molar-refractivity contribution in [2.45, 2.75) is 50.9 Å². The first-order valence-electron chi connectivity index (χ1n) is 10.3. The van der Waals surface area contributed by atoms with Crippen LogP contribution >= 0.6 is 0 Å². The summed E-state index contributed by atoms with van der Waals surface area (Å²) in [5.74, 6) is 1.11. The topological polar surface area (TPSA) is 77.8 Å². The van der Waals surface area contributed by atoms with Gasteiger partial charge in [0.05, 0.1) is 23.8 Å². The molecule has 0 radical (unpaired) electrons. The van der Waals surface area contributed by atoms with Gasteiger partial charge >= 0.3 is 0 Å². The Hall–Kier alpha value is -3.11. The fourth-order valence-corrected chi connectivity index (χ4v) is 5.12. The van der Waals surface area contributed by atoms with Crippen molar-refractivity contribution >= 4 is 11.4 Å². The summed E-state index contributed by atoms with van der Waals surface area (Å²) in [4.78, 5) is 12.1. The number of benzene rings is 1. The Morgan fingerprint density at radius 1 is 1.14 bits per heavy atom. The van der Waals surface area contributed by atoms with Crippen LogP contribution in [0.25, 0.3) is 5.57 Å². The van der Waals surface area contributed by atoms with Gasteiger partial charge in [-0.25, -0.2) is 0 Å². The van der Waals surface area contributed by atoms with E-state index in [-0.39, 0.29) is 17.6 Å². The SMILES string of the molecule is N#CC1=C(c2ccco2)C[C@@H](c2ccccc2)C[C@H]1C[C@]1(C#N)CCCC(=O)C1. The van der Waals surface area contributed by atoms with Crippen molar-refractivity contribution in [2.75, 3.05) is 0 Å². The zero-order chi connectivity index (χ0) is 20.3. The van der Waals surface area contributed by atoms with E-state index < -0.39 is 5.41 Å². The number of ketones is 1. The van der Waals surface area contributed by atoms with Crippen LogP contribution < -0.4 is 0 Å². The number of nitriles is 2. The number of nitrogens with zero attached hydrogens (tertiary/aromatic N) is 2. The molecule has 4 heteroatoms. The van der Waals surface area contributed by atoms with E-state index in [1.165, 1.54) is 5.56 Å². The minimum Gasteiger partial charge on any atom is -0.465 e. The van der Waals surface area contributed by atoms with Crippen molar-refractivity contribution in [3.63, 3.8) is 0 Å². The first kappa shape index (κ1) is 19.2. The van der Waals surface area contributed by atoms with Crippen LogP contribution in [0, 0.1) is 34.0 Å². The Labute approximate surface area is 171 Å². The molecule has 4 nitrogen and oxygen atoms in total. The van der Waals surface area contributed by atoms with Crippen LogP contribution in [0.2, 0.25) is 0 Å². The normalized spacial score (nSPS) is 27.3. The van der Waals surface area contributed by atoms with E-state index >= 15 is 0 Å². The number of hydrogen-bond donors (Lipinski definition) is 0. The molecule has 2 aliphatic carbocycles. The monoisotopic (exact) mass is 384 g/mol. The van der Waals surface area contributed by atoms with Crippen LogP contribution in [0.5, 0.6) is 0 Å². The van der Waals surface area contributed by atoms with Crippen molar-refractivity contribution in [1.29, 1.82) is 10.5 Å². The van der Waals surface area contributed by atoms with Gasteiger partial charge in [0.1, 0.15) is 11.5 Å². The standard InChI is InChI=1S/C25H24N2O2/c26-16-23-20(14-25(17-27)10-4-8-21(28)15-25)12-19(18-6-2-1-3-7-18)13-22(23)24-9-5-11-29-24/h1-3,5-7,9,11,19-20H,4,8,10,12-15H2/t19-,20-,25+/m0/s1. The largest absolute Gasteiger partial charge is 0.465 e. The van der Waals surface area contributed by atoms with Crippen LogP contribution in [0.15, 0.2) is 58.7 Å². The van der Waals surface area contributed by atoms with E-state index in [1.807, 2.05) is 30.3 Å². The highest BCUT2D eigenvalue weighted by atomic mass is 16.3. The van der Waals surface area contributed by atoms with E-state index in [0.717, 1.165) is 42.6 Å². The van der Waals surface area contributed by atoms with Crippen molar-refractivity contribution in [1.82, 2.24) is 0 Å². The molecule has 1 aromatic heterocycles. The van der Waals surface area contributed by atoms with Crippen molar-refractivity contribution in [3.8, 4) is 12.1 Å². The van der Waals surface area contributed by atoms with Gasteiger partial charge in [0.25, 0.3) is 0 Å². The molecule has 0 spiro atoms. The fourth-order valence-electron chi connectivity index (χ4n) is 5.12. The second kappa shape index (κ2) is 8.10. The number of carbonyl (C=O) groups is 1. The van der Waals surface area contributed by atoms with Crippen LogP contribution in [-0.4, -0.2) is 5.78 Å². The van der Waals surface area contributed by atoms with Gasteiger partial charge in [-0.1, -0.05) is 30.3 Å². The average Bonchev–Trinajstić information content (AvgIpc) is 3.28.